The van der Waals surface area contributed by atoms with Gasteiger partial charge in [-0.1, -0.05) is 19.8 Å². The Balaban J connectivity index is 1.59. The van der Waals surface area contributed by atoms with Crippen LogP contribution in [-0.4, -0.2) is 66.1 Å². The molecule has 4 rings (SSSR count). The molecule has 0 aromatic carbocycles. The lowest BCUT2D eigenvalue weighted by Crippen LogP contribution is -2.55. The molecule has 0 bridgehead atoms. The van der Waals surface area contributed by atoms with Crippen molar-refractivity contribution >= 4 is 23.4 Å². The van der Waals surface area contributed by atoms with Gasteiger partial charge < -0.3 is 20.0 Å². The van der Waals surface area contributed by atoms with Crippen molar-refractivity contribution in [3.63, 3.8) is 0 Å². The zero-order chi connectivity index (χ0) is 20.5. The molecule has 7 heteroatoms. The van der Waals surface area contributed by atoms with Crippen LogP contribution in [0, 0.1) is 5.92 Å². The minimum Gasteiger partial charge on any atom is -0.351 e. The van der Waals surface area contributed by atoms with Crippen molar-refractivity contribution in [3.05, 3.63) is 6.20 Å². The fourth-order valence-electron chi connectivity index (χ4n) is 5.30. The summed E-state index contributed by atoms with van der Waals surface area (Å²) in [4.78, 5) is 29.0. The van der Waals surface area contributed by atoms with E-state index in [1.807, 2.05) is 13.2 Å². The van der Waals surface area contributed by atoms with E-state index in [9.17, 15) is 4.79 Å². The molecule has 1 unspecified atom stereocenters. The second-order valence-electron chi connectivity index (χ2n) is 9.14. The lowest BCUT2D eigenvalue weighted by atomic mass is 9.91. The molecule has 3 heterocycles. The first kappa shape index (κ1) is 20.4. The van der Waals surface area contributed by atoms with Crippen LogP contribution in [0.4, 0.5) is 17.5 Å². The fourth-order valence-corrected chi connectivity index (χ4v) is 5.30. The van der Waals surface area contributed by atoms with E-state index in [0.29, 0.717) is 23.9 Å². The first-order valence-corrected chi connectivity index (χ1v) is 11.4. The Morgan fingerprint density at radius 3 is 2.52 bits per heavy atom. The fraction of sp³-hybridized carbons (Fsp3) is 0.773. The predicted octanol–water partition coefficient (Wildman–Crippen LogP) is 3.12. The molecule has 1 aliphatic carbocycles. The van der Waals surface area contributed by atoms with Gasteiger partial charge in [0.1, 0.15) is 11.7 Å². The molecule has 2 fully saturated rings. The molecule has 1 saturated carbocycles. The summed E-state index contributed by atoms with van der Waals surface area (Å²) in [6.45, 7) is 6.66. The number of nitrogens with one attached hydrogen (secondary N) is 1. The Bertz CT molecular complexity index is 726. The number of hydrogen-bond acceptors (Lipinski definition) is 6. The number of anilines is 3. The Morgan fingerprint density at radius 1 is 1.17 bits per heavy atom. The molecule has 160 valence electrons. The number of aromatic nitrogens is 2. The van der Waals surface area contributed by atoms with Crippen molar-refractivity contribution in [2.24, 2.45) is 5.92 Å². The van der Waals surface area contributed by atoms with Gasteiger partial charge in [-0.25, -0.2) is 4.98 Å². The molecule has 1 amide bonds. The topological polar surface area (TPSA) is 64.6 Å². The molecular weight excluding hydrogens is 364 g/mol. The molecule has 7 nitrogen and oxygen atoms in total. The second kappa shape index (κ2) is 8.46. The zero-order valence-electron chi connectivity index (χ0n) is 18.4. The number of hydrogen-bond donors (Lipinski definition) is 1. The molecule has 2 atom stereocenters. The largest absolute Gasteiger partial charge is 0.351 e. The lowest BCUT2D eigenvalue weighted by molar-refractivity contribution is -0.120. The first-order chi connectivity index (χ1) is 14.0. The third-order valence-corrected chi connectivity index (χ3v) is 7.24. The average Bonchev–Trinajstić information content (AvgIpc) is 3.25. The normalized spacial score (nSPS) is 25.4. The van der Waals surface area contributed by atoms with Gasteiger partial charge in [0.05, 0.1) is 6.20 Å². The van der Waals surface area contributed by atoms with Crippen molar-refractivity contribution in [2.75, 3.05) is 42.3 Å². The quantitative estimate of drug-likeness (QED) is 0.819. The minimum atomic E-state index is -0.121. The van der Waals surface area contributed by atoms with E-state index in [0.717, 1.165) is 43.9 Å². The van der Waals surface area contributed by atoms with Gasteiger partial charge in [0, 0.05) is 19.1 Å². The maximum absolute atomic E-state index is 13.0. The van der Waals surface area contributed by atoms with Gasteiger partial charge in [-0.15, -0.1) is 0 Å². The molecule has 3 aliphatic rings. The Labute approximate surface area is 174 Å². The van der Waals surface area contributed by atoms with Crippen LogP contribution in [0.3, 0.4) is 0 Å². The number of piperidine rings is 1. The summed E-state index contributed by atoms with van der Waals surface area (Å²) in [6, 6.07) is 0.627. The SMILES string of the molecule is CCC1C(=O)N(C)c2cnc(N[C@@H](C)C3CCN(C)CC3)nc2N1C1CCCC1. The highest BCUT2D eigenvalue weighted by atomic mass is 16.2. The van der Waals surface area contributed by atoms with Crippen molar-refractivity contribution in [1.29, 1.82) is 0 Å². The summed E-state index contributed by atoms with van der Waals surface area (Å²) in [5, 5.41) is 3.58. The molecule has 1 saturated heterocycles. The summed E-state index contributed by atoms with van der Waals surface area (Å²) in [7, 11) is 4.05. The monoisotopic (exact) mass is 400 g/mol. The molecule has 1 N–H and O–H groups in total. The molecular formula is C22H36N6O. The Kier molecular flexibility index (Phi) is 5.95. The van der Waals surface area contributed by atoms with Crippen LogP contribution >= 0.6 is 0 Å². The summed E-state index contributed by atoms with van der Waals surface area (Å²) in [5.74, 6) is 2.43. The molecule has 0 radical (unpaired) electrons. The number of carbonyl (C=O) groups is 1. The van der Waals surface area contributed by atoms with Gasteiger partial charge in [-0.05, 0) is 65.1 Å². The van der Waals surface area contributed by atoms with Gasteiger partial charge in [0.2, 0.25) is 11.9 Å². The van der Waals surface area contributed by atoms with Gasteiger partial charge in [-0.2, -0.15) is 4.98 Å². The standard InChI is InChI=1S/C22H36N6O/c1-5-18-21(29)27(4)19-14-23-22(24-15(2)16-10-12-26(3)13-11-16)25-20(19)28(18)17-8-6-7-9-17/h14-18H,5-13H2,1-4H3,(H,23,24,25)/t15-,18?/m0/s1. The van der Waals surface area contributed by atoms with Crippen LogP contribution in [-0.2, 0) is 4.79 Å². The van der Waals surface area contributed by atoms with Gasteiger partial charge in [0.15, 0.2) is 5.82 Å². The minimum absolute atomic E-state index is 0.121. The highest BCUT2D eigenvalue weighted by Gasteiger charge is 2.41. The Hall–Kier alpha value is -1.89. The van der Waals surface area contributed by atoms with E-state index >= 15 is 0 Å². The van der Waals surface area contributed by atoms with E-state index in [4.69, 9.17) is 4.98 Å². The van der Waals surface area contributed by atoms with E-state index < -0.39 is 0 Å². The summed E-state index contributed by atoms with van der Waals surface area (Å²) >= 11 is 0. The lowest BCUT2D eigenvalue weighted by Gasteiger charge is -2.43. The van der Waals surface area contributed by atoms with Gasteiger partial charge >= 0.3 is 0 Å². The molecule has 29 heavy (non-hydrogen) atoms. The average molecular weight is 401 g/mol. The van der Waals surface area contributed by atoms with Gasteiger partial charge in [-0.3, -0.25) is 4.79 Å². The number of likely N-dealkylation sites (N-methyl/N-ethyl adjacent to an activating group) is 1. The smallest absolute Gasteiger partial charge is 0.249 e. The van der Waals surface area contributed by atoms with Crippen molar-refractivity contribution in [2.45, 2.75) is 76.9 Å². The summed E-state index contributed by atoms with van der Waals surface area (Å²) in [5.41, 5.74) is 0.837. The van der Waals surface area contributed by atoms with E-state index in [1.165, 1.54) is 25.7 Å². The van der Waals surface area contributed by atoms with Crippen LogP contribution in [0.2, 0.25) is 0 Å². The van der Waals surface area contributed by atoms with Gasteiger partial charge in [0.25, 0.3) is 0 Å². The van der Waals surface area contributed by atoms with Crippen LogP contribution in [0.25, 0.3) is 0 Å². The van der Waals surface area contributed by atoms with Crippen LogP contribution in [0.5, 0.6) is 0 Å². The van der Waals surface area contributed by atoms with Crippen molar-refractivity contribution in [1.82, 2.24) is 14.9 Å². The second-order valence-corrected chi connectivity index (χ2v) is 9.14. The molecule has 1 aromatic heterocycles. The zero-order valence-corrected chi connectivity index (χ0v) is 18.4. The predicted molar refractivity (Wildman–Crippen MR) is 118 cm³/mol. The highest BCUT2D eigenvalue weighted by molar-refractivity contribution is 6.04. The highest BCUT2D eigenvalue weighted by Crippen LogP contribution is 2.39. The number of carbonyl (C=O) groups excluding carboxylic acids is 1. The third kappa shape index (κ3) is 3.93. The number of rotatable bonds is 5. The number of fused-ring (bicyclic) bond motifs is 1. The third-order valence-electron chi connectivity index (χ3n) is 7.24. The maximum Gasteiger partial charge on any atom is 0.249 e. The van der Waals surface area contributed by atoms with Crippen molar-refractivity contribution in [3.8, 4) is 0 Å². The summed E-state index contributed by atoms with van der Waals surface area (Å²) < 4.78 is 0. The molecule has 2 aliphatic heterocycles. The molecule has 1 aromatic rings. The summed E-state index contributed by atoms with van der Waals surface area (Å²) in [6.07, 6.45) is 9.81. The van der Waals surface area contributed by atoms with E-state index in [2.05, 4.69) is 41.0 Å². The number of likely N-dealkylation sites (tertiary alicyclic amines) is 1. The number of nitrogens with zero attached hydrogens (tertiary/aromatic N) is 5. The molecule has 0 spiro atoms. The van der Waals surface area contributed by atoms with E-state index in [1.54, 1.807) is 4.90 Å². The van der Waals surface area contributed by atoms with Crippen molar-refractivity contribution < 1.29 is 4.79 Å². The Morgan fingerprint density at radius 2 is 1.86 bits per heavy atom. The van der Waals surface area contributed by atoms with Crippen LogP contribution < -0.4 is 15.1 Å². The van der Waals surface area contributed by atoms with Crippen LogP contribution in [0.1, 0.15) is 58.8 Å². The van der Waals surface area contributed by atoms with E-state index in [-0.39, 0.29) is 11.9 Å². The number of amides is 1. The maximum atomic E-state index is 13.0. The first-order valence-electron chi connectivity index (χ1n) is 11.4. The van der Waals surface area contributed by atoms with Crippen LogP contribution in [0.15, 0.2) is 6.20 Å².